The van der Waals surface area contributed by atoms with Crippen molar-refractivity contribution in [2.24, 2.45) is 5.84 Å². The zero-order valence-electron chi connectivity index (χ0n) is 11.4. The van der Waals surface area contributed by atoms with Crippen LogP contribution in [0.15, 0.2) is 24.3 Å². The summed E-state index contributed by atoms with van der Waals surface area (Å²) in [4.78, 5) is 1.16. The van der Waals surface area contributed by atoms with Crippen molar-refractivity contribution in [3.05, 3.63) is 46.0 Å². The summed E-state index contributed by atoms with van der Waals surface area (Å²) in [6.07, 6.45) is 2.89. The van der Waals surface area contributed by atoms with E-state index >= 15 is 0 Å². The predicted molar refractivity (Wildman–Crippen MR) is 78.9 cm³/mol. The minimum atomic E-state index is 0.0864. The van der Waals surface area contributed by atoms with Crippen molar-refractivity contribution < 1.29 is 0 Å². The van der Waals surface area contributed by atoms with E-state index in [1.54, 1.807) is 0 Å². The lowest BCUT2D eigenvalue weighted by Crippen LogP contribution is -2.29. The zero-order valence-corrected chi connectivity index (χ0v) is 12.2. The van der Waals surface area contributed by atoms with Crippen LogP contribution in [0.1, 0.15) is 41.1 Å². The summed E-state index contributed by atoms with van der Waals surface area (Å²) >= 11 is 1.44. The average molecular weight is 276 g/mol. The van der Waals surface area contributed by atoms with Crippen molar-refractivity contribution in [2.75, 3.05) is 0 Å². The summed E-state index contributed by atoms with van der Waals surface area (Å²) < 4.78 is 4.06. The van der Waals surface area contributed by atoms with Crippen LogP contribution in [0.4, 0.5) is 0 Å². The van der Waals surface area contributed by atoms with Gasteiger partial charge in [-0.2, -0.15) is 0 Å². The van der Waals surface area contributed by atoms with E-state index in [2.05, 4.69) is 53.1 Å². The molecular weight excluding hydrogens is 256 g/mol. The Kier molecular flexibility index (Phi) is 5.01. The van der Waals surface area contributed by atoms with Crippen molar-refractivity contribution >= 4 is 11.5 Å². The van der Waals surface area contributed by atoms with Gasteiger partial charge in [0, 0.05) is 0 Å². The van der Waals surface area contributed by atoms with Gasteiger partial charge in [-0.25, -0.2) is 0 Å². The van der Waals surface area contributed by atoms with Gasteiger partial charge in [0.05, 0.1) is 16.6 Å². The Morgan fingerprint density at radius 2 is 2.26 bits per heavy atom. The summed E-state index contributed by atoms with van der Waals surface area (Å²) in [6.45, 7) is 4.25. The molecule has 1 unspecified atom stereocenters. The number of nitrogens with two attached hydrogens (primary N) is 1. The van der Waals surface area contributed by atoms with Gasteiger partial charge in [-0.15, -0.1) is 5.10 Å². The average Bonchev–Trinajstić information content (AvgIpc) is 2.85. The lowest BCUT2D eigenvalue weighted by molar-refractivity contribution is 0.554. The smallest absolute Gasteiger partial charge is 0.0804 e. The molecule has 0 bridgehead atoms. The van der Waals surface area contributed by atoms with Gasteiger partial charge in [0.25, 0.3) is 0 Å². The number of rotatable bonds is 6. The molecule has 0 aliphatic heterocycles. The Hall–Kier alpha value is -1.30. The van der Waals surface area contributed by atoms with Crippen LogP contribution in [-0.2, 0) is 12.8 Å². The van der Waals surface area contributed by atoms with Crippen LogP contribution >= 0.6 is 11.5 Å². The molecule has 1 heterocycles. The topological polar surface area (TPSA) is 63.8 Å². The molecule has 5 heteroatoms. The highest BCUT2D eigenvalue weighted by Crippen LogP contribution is 2.24. The van der Waals surface area contributed by atoms with Crippen LogP contribution in [0.25, 0.3) is 0 Å². The van der Waals surface area contributed by atoms with Crippen molar-refractivity contribution in [3.63, 3.8) is 0 Å². The van der Waals surface area contributed by atoms with Gasteiger partial charge in [0.2, 0.25) is 0 Å². The molecule has 0 amide bonds. The van der Waals surface area contributed by atoms with E-state index in [1.165, 1.54) is 22.7 Å². The predicted octanol–water partition coefficient (Wildman–Crippen LogP) is 2.55. The summed E-state index contributed by atoms with van der Waals surface area (Å²) in [7, 11) is 0. The Labute approximate surface area is 118 Å². The van der Waals surface area contributed by atoms with E-state index in [0.717, 1.165) is 29.8 Å². The molecule has 0 fully saturated rings. The monoisotopic (exact) mass is 276 g/mol. The number of benzene rings is 1. The molecular formula is C14H20N4S. The van der Waals surface area contributed by atoms with E-state index in [0.29, 0.717) is 0 Å². The van der Waals surface area contributed by atoms with Crippen molar-refractivity contribution in [2.45, 2.75) is 39.2 Å². The maximum Gasteiger partial charge on any atom is 0.0804 e. The fourth-order valence-electron chi connectivity index (χ4n) is 2.19. The Morgan fingerprint density at radius 1 is 1.42 bits per heavy atom. The van der Waals surface area contributed by atoms with E-state index in [-0.39, 0.29) is 6.04 Å². The SMILES string of the molecule is CCCc1nnsc1C(Cc1cccc(C)c1)NN. The van der Waals surface area contributed by atoms with Gasteiger partial charge in [0.1, 0.15) is 0 Å². The van der Waals surface area contributed by atoms with Gasteiger partial charge in [0.15, 0.2) is 0 Å². The second-order valence-electron chi connectivity index (χ2n) is 4.75. The van der Waals surface area contributed by atoms with Gasteiger partial charge >= 0.3 is 0 Å². The van der Waals surface area contributed by atoms with Crippen LogP contribution in [0.2, 0.25) is 0 Å². The Morgan fingerprint density at radius 3 is 2.95 bits per heavy atom. The third-order valence-corrected chi connectivity index (χ3v) is 3.99. The van der Waals surface area contributed by atoms with Gasteiger partial charge in [-0.3, -0.25) is 11.3 Å². The van der Waals surface area contributed by atoms with Crippen LogP contribution < -0.4 is 11.3 Å². The second kappa shape index (κ2) is 6.75. The van der Waals surface area contributed by atoms with E-state index < -0.39 is 0 Å². The standard InChI is InChI=1S/C14H20N4S/c1-3-5-12-14(19-18-17-12)13(16-15)9-11-7-4-6-10(2)8-11/h4,6-8,13,16H,3,5,9,15H2,1-2H3. The molecule has 1 atom stereocenters. The maximum absolute atomic E-state index is 5.72. The molecule has 102 valence electrons. The molecule has 19 heavy (non-hydrogen) atoms. The lowest BCUT2D eigenvalue weighted by Gasteiger charge is -2.15. The summed E-state index contributed by atoms with van der Waals surface area (Å²) in [5.74, 6) is 5.72. The molecule has 0 saturated carbocycles. The number of hydrazine groups is 1. The number of hydrogen-bond acceptors (Lipinski definition) is 5. The van der Waals surface area contributed by atoms with Crippen LogP contribution in [0.5, 0.6) is 0 Å². The highest BCUT2D eigenvalue weighted by molar-refractivity contribution is 7.05. The van der Waals surface area contributed by atoms with Crippen LogP contribution in [0, 0.1) is 6.92 Å². The third kappa shape index (κ3) is 3.59. The molecule has 0 spiro atoms. The summed E-state index contributed by atoms with van der Waals surface area (Å²) in [5, 5.41) is 4.21. The Bertz CT molecular complexity index is 524. The highest BCUT2D eigenvalue weighted by Gasteiger charge is 2.18. The van der Waals surface area contributed by atoms with E-state index in [4.69, 9.17) is 5.84 Å². The molecule has 2 rings (SSSR count). The molecule has 0 aliphatic carbocycles. The first-order valence-electron chi connectivity index (χ1n) is 6.57. The number of nitrogens with one attached hydrogen (secondary N) is 1. The zero-order chi connectivity index (χ0) is 13.7. The first kappa shape index (κ1) is 14.1. The molecule has 0 radical (unpaired) electrons. The molecule has 4 nitrogen and oxygen atoms in total. The van der Waals surface area contributed by atoms with Gasteiger partial charge in [-0.05, 0) is 36.9 Å². The minimum Gasteiger partial charge on any atom is -0.271 e. The van der Waals surface area contributed by atoms with Crippen molar-refractivity contribution in [3.8, 4) is 0 Å². The normalized spacial score (nSPS) is 12.6. The fourth-order valence-corrected chi connectivity index (χ4v) is 2.95. The van der Waals surface area contributed by atoms with Crippen LogP contribution in [-0.4, -0.2) is 9.59 Å². The molecule has 0 aliphatic rings. The van der Waals surface area contributed by atoms with Crippen LogP contribution in [0.3, 0.4) is 0 Å². The number of aromatic nitrogens is 2. The maximum atomic E-state index is 5.72. The lowest BCUT2D eigenvalue weighted by atomic mass is 10.0. The summed E-state index contributed by atoms with van der Waals surface area (Å²) in [6, 6.07) is 8.59. The quantitative estimate of drug-likeness (QED) is 0.628. The second-order valence-corrected chi connectivity index (χ2v) is 5.53. The number of aryl methyl sites for hydroxylation is 2. The highest BCUT2D eigenvalue weighted by atomic mass is 32.1. The first-order valence-corrected chi connectivity index (χ1v) is 7.34. The third-order valence-electron chi connectivity index (χ3n) is 3.11. The molecule has 3 N–H and O–H groups in total. The summed E-state index contributed by atoms with van der Waals surface area (Å²) in [5.41, 5.74) is 6.52. The molecule has 0 saturated heterocycles. The number of nitrogens with zero attached hydrogens (tertiary/aromatic N) is 2. The molecule has 2 aromatic rings. The minimum absolute atomic E-state index is 0.0864. The molecule has 1 aromatic heterocycles. The first-order chi connectivity index (χ1) is 9.24. The van der Waals surface area contributed by atoms with E-state index in [1.807, 2.05) is 0 Å². The van der Waals surface area contributed by atoms with Gasteiger partial charge < -0.3 is 0 Å². The van der Waals surface area contributed by atoms with Crippen molar-refractivity contribution in [1.82, 2.24) is 15.0 Å². The van der Waals surface area contributed by atoms with E-state index in [9.17, 15) is 0 Å². The van der Waals surface area contributed by atoms with Gasteiger partial charge in [-0.1, -0.05) is 47.7 Å². The fraction of sp³-hybridized carbons (Fsp3) is 0.429. The largest absolute Gasteiger partial charge is 0.271 e. The Balaban J connectivity index is 2.18. The molecule has 1 aromatic carbocycles. The number of hydrogen-bond donors (Lipinski definition) is 2. The van der Waals surface area contributed by atoms with Crippen molar-refractivity contribution in [1.29, 1.82) is 0 Å².